The third-order valence-corrected chi connectivity index (χ3v) is 5.80. The van der Waals surface area contributed by atoms with Crippen molar-refractivity contribution in [2.24, 2.45) is 0 Å². The van der Waals surface area contributed by atoms with E-state index in [1.807, 2.05) is 32.0 Å². The number of thiophene rings is 1. The highest BCUT2D eigenvalue weighted by Crippen LogP contribution is 2.40. The van der Waals surface area contributed by atoms with Crippen LogP contribution >= 0.6 is 11.3 Å². The van der Waals surface area contributed by atoms with Gasteiger partial charge in [0.05, 0.1) is 23.6 Å². The van der Waals surface area contributed by atoms with Crippen molar-refractivity contribution in [2.45, 2.75) is 25.8 Å². The number of amides is 1. The first kappa shape index (κ1) is 16.2. The molecule has 1 atom stereocenters. The van der Waals surface area contributed by atoms with Crippen LogP contribution < -0.4 is 5.32 Å². The lowest BCUT2D eigenvalue weighted by Gasteiger charge is -2.39. The minimum atomic E-state index is -0.583. The predicted molar refractivity (Wildman–Crippen MR) is 94.8 cm³/mol. The van der Waals surface area contributed by atoms with Crippen LogP contribution in [0.3, 0.4) is 0 Å². The molecule has 24 heavy (non-hydrogen) atoms. The third kappa shape index (κ3) is 2.57. The smallest absolute Gasteiger partial charge is 0.231 e. The molecule has 1 amide bonds. The summed E-state index contributed by atoms with van der Waals surface area (Å²) in [6.45, 7) is 3.99. The number of hydrogen-bond acceptors (Lipinski definition) is 4. The molecule has 0 radical (unpaired) electrons. The monoisotopic (exact) mass is 338 g/mol. The summed E-state index contributed by atoms with van der Waals surface area (Å²) in [6, 6.07) is 9.68. The standard InChI is InChI=1S/C18H18N4OS/c1-11-14(13-6-4-5-12(7-13)9-19)10-24-16(11)18(2)8-15(23)22(3)17(20)21-18/h4-7,10H,8H2,1-3H3,(H2,20,21)/t18-/m1/s1. The normalized spacial score (nSPS) is 20.7. The predicted octanol–water partition coefficient (Wildman–Crippen LogP) is 3.20. The van der Waals surface area contributed by atoms with Gasteiger partial charge in [0.2, 0.25) is 5.91 Å². The molecule has 1 aliphatic heterocycles. The van der Waals surface area contributed by atoms with Crippen molar-refractivity contribution in [3.8, 4) is 17.2 Å². The summed E-state index contributed by atoms with van der Waals surface area (Å²) in [4.78, 5) is 14.6. The minimum Gasteiger partial charge on any atom is -0.345 e. The maximum Gasteiger partial charge on any atom is 0.231 e. The molecule has 1 aromatic carbocycles. The summed E-state index contributed by atoms with van der Waals surface area (Å²) in [6.07, 6.45) is 0.310. The number of nitrogens with one attached hydrogen (secondary N) is 2. The maximum atomic E-state index is 12.2. The molecule has 2 heterocycles. The van der Waals surface area contributed by atoms with Crippen molar-refractivity contribution in [3.63, 3.8) is 0 Å². The summed E-state index contributed by atoms with van der Waals surface area (Å²) in [5.41, 5.74) is 3.18. The molecule has 0 unspecified atom stereocenters. The quantitative estimate of drug-likeness (QED) is 0.882. The summed E-state index contributed by atoms with van der Waals surface area (Å²) in [5.74, 6) is 0.0525. The van der Waals surface area contributed by atoms with E-state index in [-0.39, 0.29) is 11.9 Å². The molecule has 0 saturated carbocycles. The van der Waals surface area contributed by atoms with E-state index < -0.39 is 5.54 Å². The molecule has 6 heteroatoms. The molecular formula is C18H18N4OS. The van der Waals surface area contributed by atoms with Gasteiger partial charge in [-0.3, -0.25) is 15.1 Å². The van der Waals surface area contributed by atoms with Crippen LogP contribution in [-0.4, -0.2) is 23.8 Å². The van der Waals surface area contributed by atoms with Crippen molar-refractivity contribution in [3.05, 3.63) is 45.6 Å². The number of hydrogen-bond donors (Lipinski definition) is 2. The van der Waals surface area contributed by atoms with E-state index in [9.17, 15) is 4.79 Å². The number of rotatable bonds is 2. The average molecular weight is 338 g/mol. The van der Waals surface area contributed by atoms with Gasteiger partial charge in [0.1, 0.15) is 0 Å². The lowest BCUT2D eigenvalue weighted by Crippen LogP contribution is -2.58. The molecule has 1 aromatic heterocycles. The molecule has 0 bridgehead atoms. The molecule has 3 rings (SSSR count). The Labute approximate surface area is 145 Å². The lowest BCUT2D eigenvalue weighted by atomic mass is 9.89. The van der Waals surface area contributed by atoms with Gasteiger partial charge < -0.3 is 5.32 Å². The van der Waals surface area contributed by atoms with Gasteiger partial charge in [-0.25, -0.2) is 0 Å². The topological polar surface area (TPSA) is 80.0 Å². The van der Waals surface area contributed by atoms with Crippen molar-refractivity contribution in [1.82, 2.24) is 10.2 Å². The first-order chi connectivity index (χ1) is 11.4. The molecule has 1 saturated heterocycles. The number of benzene rings is 1. The van der Waals surface area contributed by atoms with Crippen LogP contribution in [0, 0.1) is 23.7 Å². The van der Waals surface area contributed by atoms with Gasteiger partial charge in [-0.1, -0.05) is 12.1 Å². The molecule has 0 spiro atoms. The number of carbonyl (C=O) groups excluding carboxylic acids is 1. The average Bonchev–Trinajstić information content (AvgIpc) is 2.95. The van der Waals surface area contributed by atoms with E-state index in [0.29, 0.717) is 12.0 Å². The first-order valence-corrected chi connectivity index (χ1v) is 8.46. The van der Waals surface area contributed by atoms with E-state index in [0.717, 1.165) is 21.6 Å². The van der Waals surface area contributed by atoms with E-state index >= 15 is 0 Å². The number of nitriles is 1. The summed E-state index contributed by atoms with van der Waals surface area (Å²) in [5, 5.41) is 22.3. The van der Waals surface area contributed by atoms with Crippen molar-refractivity contribution >= 4 is 23.2 Å². The fraction of sp³-hybridized carbons (Fsp3) is 0.278. The van der Waals surface area contributed by atoms with Crippen LogP contribution in [0.1, 0.15) is 29.3 Å². The molecular weight excluding hydrogens is 320 g/mol. The van der Waals surface area contributed by atoms with Gasteiger partial charge in [0, 0.05) is 11.9 Å². The van der Waals surface area contributed by atoms with Gasteiger partial charge in [-0.15, -0.1) is 11.3 Å². The Morgan fingerprint density at radius 2 is 2.21 bits per heavy atom. The lowest BCUT2D eigenvalue weighted by molar-refractivity contribution is -0.129. The number of guanidine groups is 1. The fourth-order valence-corrected chi connectivity index (χ4v) is 4.29. The molecule has 5 nitrogen and oxygen atoms in total. The molecule has 1 aliphatic rings. The zero-order valence-corrected chi connectivity index (χ0v) is 14.6. The Morgan fingerprint density at radius 3 is 2.88 bits per heavy atom. The SMILES string of the molecule is Cc1c(-c2cccc(C#N)c2)csc1[C@@]1(C)CC(=O)N(C)C(=N)N1. The number of carbonyl (C=O) groups is 1. The Bertz CT molecular complexity index is 859. The fourth-order valence-electron chi connectivity index (χ4n) is 3.07. The van der Waals surface area contributed by atoms with Gasteiger partial charge in [0.25, 0.3) is 0 Å². The van der Waals surface area contributed by atoms with Crippen molar-refractivity contribution in [1.29, 1.82) is 10.7 Å². The van der Waals surface area contributed by atoms with Crippen LogP contribution in [-0.2, 0) is 10.3 Å². The first-order valence-electron chi connectivity index (χ1n) is 7.58. The zero-order valence-electron chi connectivity index (χ0n) is 13.8. The van der Waals surface area contributed by atoms with E-state index in [1.165, 1.54) is 4.90 Å². The second-order valence-corrected chi connectivity index (χ2v) is 7.11. The Balaban J connectivity index is 2.03. The highest BCUT2D eigenvalue weighted by atomic mass is 32.1. The largest absolute Gasteiger partial charge is 0.345 e. The highest BCUT2D eigenvalue weighted by molar-refractivity contribution is 7.10. The molecule has 122 valence electrons. The second kappa shape index (κ2) is 5.77. The molecule has 0 aliphatic carbocycles. The molecule has 2 N–H and O–H groups in total. The zero-order chi connectivity index (χ0) is 17.5. The van der Waals surface area contributed by atoms with Gasteiger partial charge in [-0.2, -0.15) is 5.26 Å². The highest BCUT2D eigenvalue weighted by Gasteiger charge is 2.40. The Hall–Kier alpha value is -2.65. The van der Waals surface area contributed by atoms with E-state index in [4.69, 9.17) is 10.7 Å². The van der Waals surface area contributed by atoms with Crippen molar-refractivity contribution < 1.29 is 4.79 Å². The van der Waals surface area contributed by atoms with E-state index in [1.54, 1.807) is 24.5 Å². The maximum absolute atomic E-state index is 12.2. The Kier molecular flexibility index (Phi) is 3.90. The van der Waals surface area contributed by atoms with Crippen LogP contribution in [0.5, 0.6) is 0 Å². The molecule has 1 fully saturated rings. The van der Waals surface area contributed by atoms with Gasteiger partial charge in [-0.05, 0) is 48.1 Å². The number of nitrogens with zero attached hydrogens (tertiary/aromatic N) is 2. The van der Waals surface area contributed by atoms with E-state index in [2.05, 4.69) is 16.8 Å². The van der Waals surface area contributed by atoms with Crippen molar-refractivity contribution in [2.75, 3.05) is 7.05 Å². The Morgan fingerprint density at radius 1 is 1.46 bits per heavy atom. The molecule has 2 aromatic rings. The summed E-state index contributed by atoms with van der Waals surface area (Å²) >= 11 is 1.58. The second-order valence-electron chi connectivity index (χ2n) is 6.23. The van der Waals surface area contributed by atoms with Gasteiger partial charge in [0.15, 0.2) is 5.96 Å². The minimum absolute atomic E-state index is 0.0675. The van der Waals surface area contributed by atoms with Crippen LogP contribution in [0.4, 0.5) is 0 Å². The third-order valence-electron chi connectivity index (χ3n) is 4.45. The van der Waals surface area contributed by atoms with Crippen LogP contribution in [0.2, 0.25) is 0 Å². The van der Waals surface area contributed by atoms with Crippen LogP contribution in [0.25, 0.3) is 11.1 Å². The summed E-state index contributed by atoms with van der Waals surface area (Å²) in [7, 11) is 1.61. The van der Waals surface area contributed by atoms with Gasteiger partial charge >= 0.3 is 0 Å². The summed E-state index contributed by atoms with van der Waals surface area (Å²) < 4.78 is 0. The van der Waals surface area contributed by atoms with Crippen LogP contribution in [0.15, 0.2) is 29.6 Å².